The molecule has 1 atom stereocenters. The van der Waals surface area contributed by atoms with Gasteiger partial charge >= 0.3 is 0 Å². The summed E-state index contributed by atoms with van der Waals surface area (Å²) in [5.74, 6) is 0.463. The third kappa shape index (κ3) is 3.71. The summed E-state index contributed by atoms with van der Waals surface area (Å²) in [4.78, 5) is 25.8. The molecule has 6 nitrogen and oxygen atoms in total. The van der Waals surface area contributed by atoms with Crippen LogP contribution in [-0.2, 0) is 6.54 Å². The van der Waals surface area contributed by atoms with Crippen molar-refractivity contribution in [3.05, 3.63) is 47.8 Å². The number of aromatic amines is 1. The summed E-state index contributed by atoms with van der Waals surface area (Å²) in [5, 5.41) is 3.01. The van der Waals surface area contributed by atoms with Gasteiger partial charge in [-0.2, -0.15) is 0 Å². The van der Waals surface area contributed by atoms with Gasteiger partial charge in [-0.05, 0) is 37.9 Å². The van der Waals surface area contributed by atoms with Crippen molar-refractivity contribution in [3.63, 3.8) is 0 Å². The molecule has 2 aromatic rings. The smallest absolute Gasteiger partial charge is 0.252 e. The lowest BCUT2D eigenvalue weighted by Gasteiger charge is -2.15. The molecule has 2 N–H and O–H groups in total. The number of H-pyrrole nitrogens is 1. The number of rotatable bonds is 5. The van der Waals surface area contributed by atoms with Crippen molar-refractivity contribution >= 4 is 5.91 Å². The highest BCUT2D eigenvalue weighted by Gasteiger charge is 2.23. The maximum absolute atomic E-state index is 12.1. The van der Waals surface area contributed by atoms with Gasteiger partial charge in [0.05, 0.1) is 11.9 Å². The Labute approximate surface area is 130 Å². The zero-order valence-corrected chi connectivity index (χ0v) is 12.7. The van der Waals surface area contributed by atoms with Gasteiger partial charge in [-0.15, -0.1) is 0 Å². The predicted octanol–water partition coefficient (Wildman–Crippen LogP) is 1.37. The fraction of sp³-hybridized carbons (Fsp3) is 0.438. The molecule has 1 aliphatic heterocycles. The Morgan fingerprint density at radius 1 is 1.45 bits per heavy atom. The van der Waals surface area contributed by atoms with E-state index in [1.807, 2.05) is 25.3 Å². The molecule has 1 saturated heterocycles. The van der Waals surface area contributed by atoms with Gasteiger partial charge in [0.15, 0.2) is 0 Å². The molecule has 0 saturated carbocycles. The van der Waals surface area contributed by atoms with Gasteiger partial charge in [0.1, 0.15) is 0 Å². The summed E-state index contributed by atoms with van der Waals surface area (Å²) >= 11 is 0. The summed E-state index contributed by atoms with van der Waals surface area (Å²) in [5.41, 5.74) is 2.68. The molecular weight excluding hydrogens is 278 g/mol. The molecule has 1 amide bonds. The van der Waals surface area contributed by atoms with Crippen LogP contribution in [0.1, 0.15) is 28.2 Å². The number of pyridine rings is 1. The van der Waals surface area contributed by atoms with E-state index in [4.69, 9.17) is 0 Å². The van der Waals surface area contributed by atoms with Crippen molar-refractivity contribution in [2.24, 2.45) is 5.92 Å². The van der Waals surface area contributed by atoms with Crippen LogP contribution in [-0.4, -0.2) is 45.4 Å². The van der Waals surface area contributed by atoms with Crippen LogP contribution in [0, 0.1) is 12.8 Å². The molecule has 2 aromatic heterocycles. The summed E-state index contributed by atoms with van der Waals surface area (Å²) in [6.07, 6.45) is 6.31. The lowest BCUT2D eigenvalue weighted by molar-refractivity contribution is 0.0947. The second kappa shape index (κ2) is 6.70. The predicted molar refractivity (Wildman–Crippen MR) is 83.3 cm³/mol. The van der Waals surface area contributed by atoms with E-state index < -0.39 is 0 Å². The van der Waals surface area contributed by atoms with Crippen molar-refractivity contribution in [1.82, 2.24) is 25.2 Å². The number of aromatic nitrogens is 3. The largest absolute Gasteiger partial charge is 0.352 e. The van der Waals surface area contributed by atoms with E-state index in [1.54, 1.807) is 12.5 Å². The van der Waals surface area contributed by atoms with E-state index in [-0.39, 0.29) is 5.91 Å². The number of nitrogens with one attached hydrogen (secondary N) is 2. The van der Waals surface area contributed by atoms with E-state index in [2.05, 4.69) is 25.2 Å². The average Bonchev–Trinajstić information content (AvgIpc) is 3.18. The molecule has 3 rings (SSSR count). The van der Waals surface area contributed by atoms with Crippen LogP contribution in [0.4, 0.5) is 0 Å². The number of aryl methyl sites for hydroxylation is 1. The molecule has 22 heavy (non-hydrogen) atoms. The zero-order chi connectivity index (χ0) is 15.4. The van der Waals surface area contributed by atoms with Gasteiger partial charge in [0, 0.05) is 43.4 Å². The highest BCUT2D eigenvalue weighted by atomic mass is 16.1. The van der Waals surface area contributed by atoms with Crippen molar-refractivity contribution in [1.29, 1.82) is 0 Å². The Kier molecular flexibility index (Phi) is 4.48. The molecular formula is C16H21N5O. The summed E-state index contributed by atoms with van der Waals surface area (Å²) in [6, 6.07) is 3.67. The molecule has 0 bridgehead atoms. The van der Waals surface area contributed by atoms with Crippen LogP contribution in [0.15, 0.2) is 30.9 Å². The zero-order valence-electron chi connectivity index (χ0n) is 12.7. The topological polar surface area (TPSA) is 73.9 Å². The summed E-state index contributed by atoms with van der Waals surface area (Å²) < 4.78 is 0. The molecule has 6 heteroatoms. The minimum atomic E-state index is -0.0421. The average molecular weight is 299 g/mol. The van der Waals surface area contributed by atoms with Crippen molar-refractivity contribution in [2.75, 3.05) is 19.6 Å². The van der Waals surface area contributed by atoms with Crippen LogP contribution in [0.2, 0.25) is 0 Å². The van der Waals surface area contributed by atoms with Crippen LogP contribution < -0.4 is 5.32 Å². The Bertz CT molecular complexity index is 608. The maximum Gasteiger partial charge on any atom is 0.252 e. The highest BCUT2D eigenvalue weighted by molar-refractivity contribution is 5.93. The molecule has 0 aliphatic carbocycles. The van der Waals surface area contributed by atoms with Crippen molar-refractivity contribution in [2.45, 2.75) is 19.9 Å². The standard InChI is InChI=1S/C16H21N5O/c1-12-2-3-14(7-18-12)16(22)19-6-13-4-5-21(9-13)10-15-8-17-11-20-15/h2-3,7-8,11,13H,4-6,9-10H2,1H3,(H,17,20)(H,19,22)/t13-/m1/s1. The van der Waals surface area contributed by atoms with E-state index in [0.29, 0.717) is 18.0 Å². The van der Waals surface area contributed by atoms with Crippen LogP contribution in [0.3, 0.4) is 0 Å². The Balaban J connectivity index is 1.44. The van der Waals surface area contributed by atoms with Gasteiger partial charge in [0.25, 0.3) is 5.91 Å². The Morgan fingerprint density at radius 3 is 3.09 bits per heavy atom. The minimum absolute atomic E-state index is 0.0421. The van der Waals surface area contributed by atoms with Crippen LogP contribution >= 0.6 is 0 Å². The number of likely N-dealkylation sites (tertiary alicyclic amines) is 1. The van der Waals surface area contributed by atoms with Crippen LogP contribution in [0.25, 0.3) is 0 Å². The van der Waals surface area contributed by atoms with Gasteiger partial charge in [-0.3, -0.25) is 14.7 Å². The monoisotopic (exact) mass is 299 g/mol. The first-order valence-corrected chi connectivity index (χ1v) is 7.61. The van der Waals surface area contributed by atoms with Crippen molar-refractivity contribution in [3.8, 4) is 0 Å². The first kappa shape index (κ1) is 14.7. The third-order valence-electron chi connectivity index (χ3n) is 4.04. The second-order valence-corrected chi connectivity index (χ2v) is 5.86. The number of hydrogen-bond donors (Lipinski definition) is 2. The number of amides is 1. The lowest BCUT2D eigenvalue weighted by Crippen LogP contribution is -2.31. The molecule has 1 fully saturated rings. The van der Waals surface area contributed by atoms with E-state index >= 15 is 0 Å². The van der Waals surface area contributed by atoms with E-state index in [1.165, 1.54) is 0 Å². The molecule has 0 aromatic carbocycles. The lowest BCUT2D eigenvalue weighted by atomic mass is 10.1. The quantitative estimate of drug-likeness (QED) is 0.874. The minimum Gasteiger partial charge on any atom is -0.352 e. The van der Waals surface area contributed by atoms with Gasteiger partial charge in [0.2, 0.25) is 0 Å². The number of imidazole rings is 1. The molecule has 0 unspecified atom stereocenters. The maximum atomic E-state index is 12.1. The van der Waals surface area contributed by atoms with Gasteiger partial charge in [-0.25, -0.2) is 4.98 Å². The summed E-state index contributed by atoms with van der Waals surface area (Å²) in [6.45, 7) is 5.59. The molecule has 1 aliphatic rings. The number of nitrogens with zero attached hydrogens (tertiary/aromatic N) is 3. The molecule has 0 radical (unpaired) electrons. The number of carbonyl (C=O) groups excluding carboxylic acids is 1. The molecule has 3 heterocycles. The highest BCUT2D eigenvalue weighted by Crippen LogP contribution is 2.17. The fourth-order valence-electron chi connectivity index (χ4n) is 2.78. The number of hydrogen-bond acceptors (Lipinski definition) is 4. The van der Waals surface area contributed by atoms with Crippen LogP contribution in [0.5, 0.6) is 0 Å². The second-order valence-electron chi connectivity index (χ2n) is 5.86. The first-order chi connectivity index (χ1) is 10.7. The first-order valence-electron chi connectivity index (χ1n) is 7.61. The number of carbonyl (C=O) groups is 1. The van der Waals surface area contributed by atoms with Gasteiger partial charge < -0.3 is 10.3 Å². The Hall–Kier alpha value is -2.21. The SMILES string of the molecule is Cc1ccc(C(=O)NC[C@H]2CCN(Cc3cnc[nH]3)C2)cn1. The van der Waals surface area contributed by atoms with Crippen molar-refractivity contribution < 1.29 is 4.79 Å². The summed E-state index contributed by atoms with van der Waals surface area (Å²) in [7, 11) is 0. The van der Waals surface area contributed by atoms with Gasteiger partial charge in [-0.1, -0.05) is 0 Å². The molecule has 116 valence electrons. The third-order valence-corrected chi connectivity index (χ3v) is 4.04. The fourth-order valence-corrected chi connectivity index (χ4v) is 2.78. The molecule has 0 spiro atoms. The van der Waals surface area contributed by atoms with E-state index in [0.717, 1.165) is 37.4 Å². The normalized spacial score (nSPS) is 18.5. The van der Waals surface area contributed by atoms with E-state index in [9.17, 15) is 4.79 Å². The Morgan fingerprint density at radius 2 is 2.36 bits per heavy atom.